The molecule has 0 saturated carbocycles. The van der Waals surface area contributed by atoms with Crippen LogP contribution >= 0.6 is 0 Å². The second-order valence-electron chi connectivity index (χ2n) is 4.78. The van der Waals surface area contributed by atoms with Crippen molar-refractivity contribution in [3.8, 4) is 0 Å². The summed E-state index contributed by atoms with van der Waals surface area (Å²) < 4.78 is 0. The van der Waals surface area contributed by atoms with Gasteiger partial charge in [0.1, 0.15) is 0 Å². The summed E-state index contributed by atoms with van der Waals surface area (Å²) in [4.78, 5) is 11.8. The molecule has 0 spiro atoms. The zero-order valence-electron chi connectivity index (χ0n) is 12.9. The van der Waals surface area contributed by atoms with E-state index in [2.05, 4.69) is 31.2 Å². The van der Waals surface area contributed by atoms with E-state index in [0.717, 1.165) is 18.4 Å². The van der Waals surface area contributed by atoms with Crippen LogP contribution in [0.5, 0.6) is 0 Å². The normalized spacial score (nSPS) is 17.0. The molecule has 1 unspecified atom stereocenters. The van der Waals surface area contributed by atoms with Crippen LogP contribution in [0.15, 0.2) is 78.9 Å². The highest BCUT2D eigenvalue weighted by Crippen LogP contribution is 2.13. The van der Waals surface area contributed by atoms with Crippen LogP contribution in [-0.2, 0) is 0 Å². The van der Waals surface area contributed by atoms with Gasteiger partial charge in [0.05, 0.1) is 0 Å². The summed E-state index contributed by atoms with van der Waals surface area (Å²) in [6.07, 6.45) is 18.2. The lowest BCUT2D eigenvalue weighted by Crippen LogP contribution is -1.97. The molecule has 0 N–H and O–H groups in total. The molecular weight excluding hydrogens is 256 g/mol. The molecule has 0 aromatic heterocycles. The van der Waals surface area contributed by atoms with Crippen LogP contribution in [0.3, 0.4) is 0 Å². The van der Waals surface area contributed by atoms with Gasteiger partial charge in [-0.1, -0.05) is 79.8 Å². The van der Waals surface area contributed by atoms with Crippen molar-refractivity contribution in [2.45, 2.75) is 26.7 Å². The van der Waals surface area contributed by atoms with Gasteiger partial charge in [0, 0.05) is 5.56 Å². The second-order valence-corrected chi connectivity index (χ2v) is 4.78. The van der Waals surface area contributed by atoms with Gasteiger partial charge in [0.2, 0.25) is 0 Å². The third kappa shape index (κ3) is 7.26. The molecule has 0 saturated heterocycles. The average molecular weight is 280 g/mol. The number of carbonyl (C=O) groups excluding carboxylic acids is 1. The maximum atomic E-state index is 11.8. The summed E-state index contributed by atoms with van der Waals surface area (Å²) in [5.41, 5.74) is 0.745. The standard InChI is InChI=1S/C15H14O.C5H10/c16-15(14-9-5-2-6-10-14)12-11-13-7-3-1-4-8-13;1-3-5-4-2/h1-7,9-13H,8H2;3,5H,4H2,1-2H3. The molecule has 0 bridgehead atoms. The molecule has 1 aliphatic carbocycles. The van der Waals surface area contributed by atoms with Crippen molar-refractivity contribution >= 4 is 5.78 Å². The average Bonchev–Trinajstić information content (AvgIpc) is 2.56. The Hall–Kier alpha value is -2.15. The molecule has 0 heterocycles. The highest BCUT2D eigenvalue weighted by atomic mass is 16.1. The SMILES string of the molecule is CC=CCC.O=C(C=CC1C=CC=CC1)c1ccccc1. The van der Waals surface area contributed by atoms with Crippen molar-refractivity contribution in [2.24, 2.45) is 5.92 Å². The first kappa shape index (κ1) is 16.9. The molecule has 1 aromatic carbocycles. The smallest absolute Gasteiger partial charge is 0.185 e. The number of carbonyl (C=O) groups is 1. The van der Waals surface area contributed by atoms with Crippen molar-refractivity contribution in [3.05, 3.63) is 84.5 Å². The Morgan fingerprint density at radius 1 is 1.24 bits per heavy atom. The van der Waals surface area contributed by atoms with E-state index in [4.69, 9.17) is 0 Å². The zero-order valence-corrected chi connectivity index (χ0v) is 12.9. The molecule has 0 amide bonds. The fourth-order valence-corrected chi connectivity index (χ4v) is 1.89. The molecule has 21 heavy (non-hydrogen) atoms. The van der Waals surface area contributed by atoms with E-state index in [1.165, 1.54) is 0 Å². The summed E-state index contributed by atoms with van der Waals surface area (Å²) in [5.74, 6) is 0.432. The minimum absolute atomic E-state index is 0.0727. The van der Waals surface area contributed by atoms with Crippen molar-refractivity contribution in [1.29, 1.82) is 0 Å². The van der Waals surface area contributed by atoms with Crippen molar-refractivity contribution in [1.82, 2.24) is 0 Å². The summed E-state index contributed by atoms with van der Waals surface area (Å²) in [5, 5.41) is 0. The van der Waals surface area contributed by atoms with E-state index >= 15 is 0 Å². The van der Waals surface area contributed by atoms with Gasteiger partial charge in [0.15, 0.2) is 5.78 Å². The van der Waals surface area contributed by atoms with Crippen molar-refractivity contribution in [2.75, 3.05) is 0 Å². The van der Waals surface area contributed by atoms with Crippen molar-refractivity contribution in [3.63, 3.8) is 0 Å². The lowest BCUT2D eigenvalue weighted by atomic mass is 9.99. The fraction of sp³-hybridized carbons (Fsp3) is 0.250. The van der Waals surface area contributed by atoms with Crippen LogP contribution < -0.4 is 0 Å². The minimum Gasteiger partial charge on any atom is -0.289 e. The maximum Gasteiger partial charge on any atom is 0.185 e. The van der Waals surface area contributed by atoms with E-state index in [0.29, 0.717) is 5.92 Å². The lowest BCUT2D eigenvalue weighted by Gasteiger charge is -2.06. The Labute approximate surface area is 128 Å². The van der Waals surface area contributed by atoms with Crippen LogP contribution in [0.25, 0.3) is 0 Å². The monoisotopic (exact) mass is 280 g/mol. The van der Waals surface area contributed by atoms with Gasteiger partial charge in [0.25, 0.3) is 0 Å². The van der Waals surface area contributed by atoms with E-state index in [-0.39, 0.29) is 5.78 Å². The number of hydrogen-bond acceptors (Lipinski definition) is 1. The van der Waals surface area contributed by atoms with Crippen LogP contribution in [0.4, 0.5) is 0 Å². The Morgan fingerprint density at radius 3 is 2.52 bits per heavy atom. The largest absolute Gasteiger partial charge is 0.289 e. The molecule has 1 atom stereocenters. The van der Waals surface area contributed by atoms with Crippen molar-refractivity contribution < 1.29 is 4.79 Å². The molecule has 0 fully saturated rings. The first-order valence-corrected chi connectivity index (χ1v) is 7.50. The fourth-order valence-electron chi connectivity index (χ4n) is 1.89. The van der Waals surface area contributed by atoms with Gasteiger partial charge >= 0.3 is 0 Å². The Balaban J connectivity index is 0.000000383. The molecular formula is C20H24O. The Kier molecular flexibility index (Phi) is 8.54. The Bertz CT molecular complexity index is 518. The highest BCUT2D eigenvalue weighted by Gasteiger charge is 2.03. The van der Waals surface area contributed by atoms with Crippen LogP contribution in [0, 0.1) is 5.92 Å². The predicted octanol–water partition coefficient (Wildman–Crippen LogP) is 5.53. The molecule has 1 heteroatoms. The van der Waals surface area contributed by atoms with Gasteiger partial charge in [-0.25, -0.2) is 0 Å². The predicted molar refractivity (Wildman–Crippen MR) is 91.4 cm³/mol. The van der Waals surface area contributed by atoms with Crippen LogP contribution in [0.2, 0.25) is 0 Å². The van der Waals surface area contributed by atoms with E-state index in [9.17, 15) is 4.79 Å². The third-order valence-electron chi connectivity index (χ3n) is 3.04. The molecule has 110 valence electrons. The lowest BCUT2D eigenvalue weighted by molar-refractivity contribution is 0.104. The number of allylic oxidation sites excluding steroid dienone is 8. The Morgan fingerprint density at radius 2 is 2.00 bits per heavy atom. The summed E-state index contributed by atoms with van der Waals surface area (Å²) in [6.45, 7) is 4.16. The zero-order chi connectivity index (χ0) is 15.3. The number of ketones is 1. The number of benzene rings is 1. The second kappa shape index (κ2) is 10.6. The first-order chi connectivity index (χ1) is 10.3. The number of hydrogen-bond donors (Lipinski definition) is 0. The minimum atomic E-state index is 0.0727. The summed E-state index contributed by atoms with van der Waals surface area (Å²) in [6, 6.07) is 9.34. The molecule has 1 aliphatic rings. The highest BCUT2D eigenvalue weighted by molar-refractivity contribution is 6.04. The quantitative estimate of drug-likeness (QED) is 0.402. The van der Waals surface area contributed by atoms with Gasteiger partial charge in [-0.2, -0.15) is 0 Å². The summed E-state index contributed by atoms with van der Waals surface area (Å²) >= 11 is 0. The first-order valence-electron chi connectivity index (χ1n) is 7.50. The van der Waals surface area contributed by atoms with Gasteiger partial charge in [-0.05, 0) is 31.8 Å². The maximum absolute atomic E-state index is 11.8. The van der Waals surface area contributed by atoms with E-state index in [1.54, 1.807) is 6.08 Å². The topological polar surface area (TPSA) is 17.1 Å². The van der Waals surface area contributed by atoms with Gasteiger partial charge < -0.3 is 0 Å². The molecule has 1 nitrogen and oxygen atoms in total. The van der Waals surface area contributed by atoms with E-state index in [1.807, 2.05) is 55.5 Å². The summed E-state index contributed by atoms with van der Waals surface area (Å²) in [7, 11) is 0. The van der Waals surface area contributed by atoms with Crippen LogP contribution in [0.1, 0.15) is 37.0 Å². The van der Waals surface area contributed by atoms with Crippen LogP contribution in [-0.4, -0.2) is 5.78 Å². The molecule has 0 radical (unpaired) electrons. The molecule has 1 aromatic rings. The number of rotatable bonds is 4. The van der Waals surface area contributed by atoms with Gasteiger partial charge in [-0.3, -0.25) is 4.79 Å². The molecule has 0 aliphatic heterocycles. The van der Waals surface area contributed by atoms with E-state index < -0.39 is 0 Å². The molecule has 2 rings (SSSR count). The third-order valence-corrected chi connectivity index (χ3v) is 3.04. The van der Waals surface area contributed by atoms with Gasteiger partial charge in [-0.15, -0.1) is 0 Å².